The summed E-state index contributed by atoms with van der Waals surface area (Å²) in [7, 11) is -3.29. The first-order valence-electron chi connectivity index (χ1n) is 7.10. The van der Waals surface area contributed by atoms with Gasteiger partial charge >= 0.3 is 0 Å². The lowest BCUT2D eigenvalue weighted by molar-refractivity contribution is 0.318. The van der Waals surface area contributed by atoms with Crippen LogP contribution in [-0.4, -0.2) is 44.4 Å². The van der Waals surface area contributed by atoms with Crippen LogP contribution >= 0.6 is 0 Å². The van der Waals surface area contributed by atoms with Crippen molar-refractivity contribution >= 4 is 10.2 Å². The Balaban J connectivity index is 1.89. The molecular formula is C12H25N3O2S. The van der Waals surface area contributed by atoms with Crippen molar-refractivity contribution in [1.29, 1.82) is 0 Å². The van der Waals surface area contributed by atoms with Gasteiger partial charge in [-0.15, -0.1) is 0 Å². The van der Waals surface area contributed by atoms with Crippen LogP contribution in [0.3, 0.4) is 0 Å². The number of hydrogen-bond acceptors (Lipinski definition) is 3. The summed E-state index contributed by atoms with van der Waals surface area (Å²) >= 11 is 0. The Kier molecular flexibility index (Phi) is 5.00. The van der Waals surface area contributed by atoms with Crippen molar-refractivity contribution in [2.45, 2.75) is 57.5 Å². The van der Waals surface area contributed by atoms with Crippen molar-refractivity contribution in [3.05, 3.63) is 0 Å². The summed E-state index contributed by atoms with van der Waals surface area (Å²) in [6.45, 7) is 4.30. The maximum atomic E-state index is 12.2. The van der Waals surface area contributed by atoms with E-state index >= 15 is 0 Å². The van der Waals surface area contributed by atoms with E-state index in [1.807, 2.05) is 6.92 Å². The van der Waals surface area contributed by atoms with Gasteiger partial charge in [-0.25, -0.2) is 0 Å². The SMILES string of the molecule is CC(NS(=O)(=O)N1CCCCC1)C1CCCCN1. The van der Waals surface area contributed by atoms with Crippen molar-refractivity contribution in [3.63, 3.8) is 0 Å². The van der Waals surface area contributed by atoms with Crippen LogP contribution in [0.4, 0.5) is 0 Å². The molecular weight excluding hydrogens is 250 g/mol. The zero-order chi connectivity index (χ0) is 13.0. The lowest BCUT2D eigenvalue weighted by Crippen LogP contribution is -2.54. The molecule has 18 heavy (non-hydrogen) atoms. The predicted octanol–water partition coefficient (Wildman–Crippen LogP) is 0.837. The highest BCUT2D eigenvalue weighted by Crippen LogP contribution is 2.15. The van der Waals surface area contributed by atoms with Crippen LogP contribution in [0, 0.1) is 0 Å². The van der Waals surface area contributed by atoms with Crippen LogP contribution in [0.15, 0.2) is 0 Å². The van der Waals surface area contributed by atoms with Crippen LogP contribution < -0.4 is 10.0 Å². The maximum Gasteiger partial charge on any atom is 0.279 e. The molecule has 2 saturated heterocycles. The Bertz CT molecular complexity index is 346. The molecule has 2 heterocycles. The highest BCUT2D eigenvalue weighted by atomic mass is 32.2. The van der Waals surface area contributed by atoms with Crippen molar-refractivity contribution < 1.29 is 8.42 Å². The summed E-state index contributed by atoms with van der Waals surface area (Å²) < 4.78 is 28.9. The molecule has 0 saturated carbocycles. The Morgan fingerprint density at radius 3 is 2.50 bits per heavy atom. The normalized spacial score (nSPS) is 29.1. The Morgan fingerprint density at radius 2 is 1.89 bits per heavy atom. The third kappa shape index (κ3) is 3.66. The van der Waals surface area contributed by atoms with Crippen LogP contribution in [0.1, 0.15) is 45.4 Å². The second-order valence-electron chi connectivity index (χ2n) is 5.43. The molecule has 2 atom stereocenters. The minimum Gasteiger partial charge on any atom is -0.312 e. The molecule has 2 aliphatic rings. The van der Waals surface area contributed by atoms with Gasteiger partial charge in [0.05, 0.1) is 0 Å². The molecule has 0 bridgehead atoms. The smallest absolute Gasteiger partial charge is 0.279 e. The topological polar surface area (TPSA) is 61.4 Å². The average Bonchev–Trinajstić information content (AvgIpc) is 2.40. The van der Waals surface area contributed by atoms with Crippen LogP contribution in [0.25, 0.3) is 0 Å². The summed E-state index contributed by atoms with van der Waals surface area (Å²) in [6.07, 6.45) is 6.55. The van der Waals surface area contributed by atoms with Gasteiger partial charge in [0.25, 0.3) is 10.2 Å². The molecule has 6 heteroatoms. The fraction of sp³-hybridized carbons (Fsp3) is 1.00. The third-order valence-corrected chi connectivity index (χ3v) is 5.66. The zero-order valence-electron chi connectivity index (χ0n) is 11.2. The predicted molar refractivity (Wildman–Crippen MR) is 72.6 cm³/mol. The van der Waals surface area contributed by atoms with E-state index in [1.54, 1.807) is 4.31 Å². The van der Waals surface area contributed by atoms with E-state index in [0.717, 1.165) is 32.2 Å². The number of nitrogens with zero attached hydrogens (tertiary/aromatic N) is 1. The Labute approximate surface area is 110 Å². The molecule has 0 amide bonds. The molecule has 5 nitrogen and oxygen atoms in total. The van der Waals surface area contributed by atoms with E-state index in [4.69, 9.17) is 0 Å². The van der Waals surface area contributed by atoms with Gasteiger partial charge in [-0.3, -0.25) is 0 Å². The number of piperidine rings is 2. The molecule has 106 valence electrons. The zero-order valence-corrected chi connectivity index (χ0v) is 12.0. The van der Waals surface area contributed by atoms with Gasteiger partial charge in [-0.2, -0.15) is 17.4 Å². The van der Waals surface area contributed by atoms with Gasteiger partial charge in [0.2, 0.25) is 0 Å². The fourth-order valence-electron chi connectivity index (χ4n) is 2.80. The number of hydrogen-bond donors (Lipinski definition) is 2. The molecule has 0 aromatic heterocycles. The standard InChI is InChI=1S/C12H25N3O2S/c1-11(12-7-3-4-8-13-12)14-18(16,17)15-9-5-2-6-10-15/h11-14H,2-10H2,1H3. The minimum absolute atomic E-state index is 0.0303. The molecule has 0 aromatic rings. The van der Waals surface area contributed by atoms with Crippen molar-refractivity contribution in [2.24, 2.45) is 0 Å². The van der Waals surface area contributed by atoms with E-state index < -0.39 is 10.2 Å². The van der Waals surface area contributed by atoms with Crippen LogP contribution in [0.5, 0.6) is 0 Å². The minimum atomic E-state index is -3.29. The maximum absolute atomic E-state index is 12.2. The summed E-state index contributed by atoms with van der Waals surface area (Å²) in [5, 5.41) is 3.40. The molecule has 0 aliphatic carbocycles. The van der Waals surface area contributed by atoms with E-state index in [-0.39, 0.29) is 12.1 Å². The van der Waals surface area contributed by atoms with Gasteiger partial charge < -0.3 is 5.32 Å². The lowest BCUT2D eigenvalue weighted by atomic mass is 10.00. The summed E-state index contributed by atoms with van der Waals surface area (Å²) in [4.78, 5) is 0. The highest BCUT2D eigenvalue weighted by Gasteiger charge is 2.28. The largest absolute Gasteiger partial charge is 0.312 e. The van der Waals surface area contributed by atoms with Crippen molar-refractivity contribution in [2.75, 3.05) is 19.6 Å². The first-order valence-corrected chi connectivity index (χ1v) is 8.54. The van der Waals surface area contributed by atoms with Gasteiger partial charge in [-0.05, 0) is 39.2 Å². The first-order chi connectivity index (χ1) is 8.59. The molecule has 2 fully saturated rings. The van der Waals surface area contributed by atoms with Crippen molar-refractivity contribution in [3.8, 4) is 0 Å². The molecule has 2 N–H and O–H groups in total. The number of nitrogens with one attached hydrogen (secondary N) is 2. The Morgan fingerprint density at radius 1 is 1.17 bits per heavy atom. The van der Waals surface area contributed by atoms with E-state index in [0.29, 0.717) is 13.1 Å². The Hall–Kier alpha value is -0.170. The quantitative estimate of drug-likeness (QED) is 0.799. The second-order valence-corrected chi connectivity index (χ2v) is 7.13. The number of rotatable bonds is 4. The highest BCUT2D eigenvalue weighted by molar-refractivity contribution is 7.87. The molecule has 0 radical (unpaired) electrons. The average molecular weight is 275 g/mol. The van der Waals surface area contributed by atoms with E-state index in [2.05, 4.69) is 10.0 Å². The van der Waals surface area contributed by atoms with E-state index in [9.17, 15) is 8.42 Å². The van der Waals surface area contributed by atoms with Crippen LogP contribution in [-0.2, 0) is 10.2 Å². The van der Waals surface area contributed by atoms with Crippen molar-refractivity contribution in [1.82, 2.24) is 14.3 Å². The van der Waals surface area contributed by atoms with Gasteiger partial charge in [-0.1, -0.05) is 12.8 Å². The monoisotopic (exact) mass is 275 g/mol. The summed E-state index contributed by atoms with van der Waals surface area (Å²) in [6, 6.07) is 0.246. The van der Waals surface area contributed by atoms with Gasteiger partial charge in [0.1, 0.15) is 0 Å². The molecule has 2 rings (SSSR count). The summed E-state index contributed by atoms with van der Waals surface area (Å²) in [5.41, 5.74) is 0. The summed E-state index contributed by atoms with van der Waals surface area (Å²) in [5.74, 6) is 0. The van der Waals surface area contributed by atoms with Gasteiger partial charge in [0, 0.05) is 25.2 Å². The van der Waals surface area contributed by atoms with Crippen LogP contribution in [0.2, 0.25) is 0 Å². The first kappa shape index (κ1) is 14.2. The van der Waals surface area contributed by atoms with Gasteiger partial charge in [0.15, 0.2) is 0 Å². The van der Waals surface area contributed by atoms with E-state index in [1.165, 1.54) is 12.8 Å². The molecule has 2 unspecified atom stereocenters. The second kappa shape index (κ2) is 6.32. The third-order valence-electron chi connectivity index (χ3n) is 3.94. The molecule has 0 spiro atoms. The fourth-order valence-corrected chi connectivity index (χ4v) is 4.32. The molecule has 2 aliphatic heterocycles. The molecule has 0 aromatic carbocycles. The lowest BCUT2D eigenvalue weighted by Gasteiger charge is -2.32.